The summed E-state index contributed by atoms with van der Waals surface area (Å²) >= 11 is 0. The number of imide groups is 1. The molecule has 1 saturated heterocycles. The van der Waals surface area contributed by atoms with Crippen LogP contribution in [-0.2, 0) is 16.1 Å². The summed E-state index contributed by atoms with van der Waals surface area (Å²) in [6, 6.07) is 6.10. The Balaban J connectivity index is 1.70. The third-order valence-corrected chi connectivity index (χ3v) is 4.94. The number of benzene rings is 1. The number of nitrogens with zero attached hydrogens (tertiary/aromatic N) is 1. The first-order valence-corrected chi connectivity index (χ1v) is 8.42. The summed E-state index contributed by atoms with van der Waals surface area (Å²) in [7, 11) is 0. The Hall–Kier alpha value is -2.05. The predicted octanol–water partition coefficient (Wildman–Crippen LogP) is 3.84. The van der Waals surface area contributed by atoms with Gasteiger partial charge in [-0.15, -0.1) is 0 Å². The maximum Gasteiger partial charge on any atom is 0.422 e. The van der Waals surface area contributed by atoms with E-state index in [4.69, 9.17) is 4.74 Å². The van der Waals surface area contributed by atoms with Gasteiger partial charge in [0.25, 0.3) is 0 Å². The van der Waals surface area contributed by atoms with Gasteiger partial charge in [-0.25, -0.2) is 0 Å². The van der Waals surface area contributed by atoms with Gasteiger partial charge in [-0.3, -0.25) is 14.5 Å². The van der Waals surface area contributed by atoms with Gasteiger partial charge < -0.3 is 4.74 Å². The molecule has 1 heterocycles. The molecule has 3 rings (SSSR count). The van der Waals surface area contributed by atoms with Gasteiger partial charge in [-0.1, -0.05) is 31.4 Å². The quantitative estimate of drug-likeness (QED) is 0.771. The van der Waals surface area contributed by atoms with Crippen LogP contribution in [-0.4, -0.2) is 29.5 Å². The SMILES string of the molecule is O=C1CC2(CCCCC2)C(=O)N1Cc1cccc(OCC(F)(F)F)c1. The monoisotopic (exact) mass is 355 g/mol. The van der Waals surface area contributed by atoms with E-state index in [-0.39, 0.29) is 30.5 Å². The van der Waals surface area contributed by atoms with E-state index in [9.17, 15) is 22.8 Å². The van der Waals surface area contributed by atoms with Crippen molar-refractivity contribution in [3.05, 3.63) is 29.8 Å². The van der Waals surface area contributed by atoms with E-state index >= 15 is 0 Å². The lowest BCUT2D eigenvalue weighted by Crippen LogP contribution is -2.36. The molecule has 0 unspecified atom stereocenters. The maximum absolute atomic E-state index is 12.8. The summed E-state index contributed by atoms with van der Waals surface area (Å²) in [6.07, 6.45) is 0.301. The van der Waals surface area contributed by atoms with Crippen LogP contribution in [0.2, 0.25) is 0 Å². The number of ether oxygens (including phenoxy) is 1. The molecule has 2 fully saturated rings. The molecule has 2 aliphatic rings. The summed E-state index contributed by atoms with van der Waals surface area (Å²) < 4.78 is 41.5. The molecule has 7 heteroatoms. The van der Waals surface area contributed by atoms with Crippen molar-refractivity contribution in [3.63, 3.8) is 0 Å². The van der Waals surface area contributed by atoms with Crippen LogP contribution in [0, 0.1) is 5.41 Å². The zero-order chi connectivity index (χ0) is 18.1. The lowest BCUT2D eigenvalue weighted by atomic mass is 9.73. The van der Waals surface area contributed by atoms with E-state index < -0.39 is 18.2 Å². The zero-order valence-corrected chi connectivity index (χ0v) is 13.8. The molecule has 1 aliphatic carbocycles. The molecular formula is C18H20F3NO3. The van der Waals surface area contributed by atoms with Gasteiger partial charge in [0.1, 0.15) is 5.75 Å². The number of hydrogen-bond acceptors (Lipinski definition) is 3. The van der Waals surface area contributed by atoms with E-state index in [2.05, 4.69) is 0 Å². The van der Waals surface area contributed by atoms with E-state index in [0.717, 1.165) is 32.1 Å². The van der Waals surface area contributed by atoms with Crippen LogP contribution in [0.3, 0.4) is 0 Å². The van der Waals surface area contributed by atoms with Crippen molar-refractivity contribution >= 4 is 11.8 Å². The average molecular weight is 355 g/mol. The Morgan fingerprint density at radius 2 is 1.84 bits per heavy atom. The fraction of sp³-hybridized carbons (Fsp3) is 0.556. The first-order chi connectivity index (χ1) is 11.8. The molecule has 0 aromatic heterocycles. The van der Waals surface area contributed by atoms with Crippen molar-refractivity contribution in [3.8, 4) is 5.75 Å². The standard InChI is InChI=1S/C18H20F3NO3/c19-18(20,21)12-25-14-6-4-5-13(9-14)11-22-15(23)10-17(16(22)24)7-2-1-3-8-17/h4-6,9H,1-3,7-8,10-12H2. The molecular weight excluding hydrogens is 335 g/mol. The fourth-order valence-electron chi connectivity index (χ4n) is 3.72. The lowest BCUT2D eigenvalue weighted by molar-refractivity contribution is -0.153. The molecule has 25 heavy (non-hydrogen) atoms. The summed E-state index contributed by atoms with van der Waals surface area (Å²) in [5.41, 5.74) is 0.0222. The first kappa shape index (κ1) is 17.8. The van der Waals surface area contributed by atoms with E-state index in [1.807, 2.05) is 0 Å². The van der Waals surface area contributed by atoms with Crippen LogP contribution in [0.5, 0.6) is 5.75 Å². The van der Waals surface area contributed by atoms with Crippen molar-refractivity contribution in [2.75, 3.05) is 6.61 Å². The number of carbonyl (C=O) groups is 2. The molecule has 0 atom stereocenters. The highest BCUT2D eigenvalue weighted by atomic mass is 19.4. The van der Waals surface area contributed by atoms with E-state index in [0.29, 0.717) is 5.56 Å². The molecule has 4 nitrogen and oxygen atoms in total. The van der Waals surface area contributed by atoms with Gasteiger partial charge in [0.2, 0.25) is 11.8 Å². The van der Waals surface area contributed by atoms with Gasteiger partial charge in [-0.2, -0.15) is 13.2 Å². The van der Waals surface area contributed by atoms with Gasteiger partial charge in [-0.05, 0) is 30.5 Å². The van der Waals surface area contributed by atoms with Gasteiger partial charge in [0, 0.05) is 6.42 Å². The number of carbonyl (C=O) groups excluding carboxylic acids is 2. The Bertz CT molecular complexity index is 666. The Morgan fingerprint density at radius 1 is 1.12 bits per heavy atom. The highest BCUT2D eigenvalue weighted by Gasteiger charge is 2.51. The molecule has 2 amide bonds. The van der Waals surface area contributed by atoms with Gasteiger partial charge >= 0.3 is 6.18 Å². The summed E-state index contributed by atoms with van der Waals surface area (Å²) in [4.78, 5) is 26.3. The minimum Gasteiger partial charge on any atom is -0.484 e. The van der Waals surface area contributed by atoms with Crippen LogP contribution < -0.4 is 4.74 Å². The van der Waals surface area contributed by atoms with Crippen molar-refractivity contribution in [2.45, 2.75) is 51.2 Å². The molecule has 1 aromatic carbocycles. The second-order valence-corrected chi connectivity index (χ2v) is 6.85. The molecule has 0 radical (unpaired) electrons. The number of hydrogen-bond donors (Lipinski definition) is 0. The highest BCUT2D eigenvalue weighted by molar-refractivity contribution is 6.05. The molecule has 1 aliphatic heterocycles. The summed E-state index contributed by atoms with van der Waals surface area (Å²) in [5, 5.41) is 0. The van der Waals surface area contributed by atoms with Crippen LogP contribution >= 0.6 is 0 Å². The Labute approximate surface area is 143 Å². The van der Waals surface area contributed by atoms with Crippen LogP contribution in [0.25, 0.3) is 0 Å². The lowest BCUT2D eigenvalue weighted by Gasteiger charge is -2.30. The highest BCUT2D eigenvalue weighted by Crippen LogP contribution is 2.45. The summed E-state index contributed by atoms with van der Waals surface area (Å²) in [5.74, 6) is -0.270. The normalized spacial score (nSPS) is 20.4. The van der Waals surface area contributed by atoms with Crippen LogP contribution in [0.1, 0.15) is 44.1 Å². The van der Waals surface area contributed by atoms with Gasteiger partial charge in [0.05, 0.1) is 12.0 Å². The third kappa shape index (κ3) is 3.96. The largest absolute Gasteiger partial charge is 0.484 e. The minimum absolute atomic E-state index is 0.0706. The van der Waals surface area contributed by atoms with Crippen molar-refractivity contribution < 1.29 is 27.5 Å². The van der Waals surface area contributed by atoms with Crippen LogP contribution in [0.15, 0.2) is 24.3 Å². The molecule has 1 aromatic rings. The van der Waals surface area contributed by atoms with Gasteiger partial charge in [0.15, 0.2) is 6.61 Å². The number of halogens is 3. The zero-order valence-electron chi connectivity index (χ0n) is 13.8. The second-order valence-electron chi connectivity index (χ2n) is 6.85. The first-order valence-electron chi connectivity index (χ1n) is 8.42. The molecule has 1 saturated carbocycles. The molecule has 0 N–H and O–H groups in total. The molecule has 0 bridgehead atoms. The molecule has 1 spiro atoms. The van der Waals surface area contributed by atoms with Crippen molar-refractivity contribution in [2.24, 2.45) is 5.41 Å². The van der Waals surface area contributed by atoms with Crippen molar-refractivity contribution in [1.82, 2.24) is 4.90 Å². The van der Waals surface area contributed by atoms with E-state index in [1.165, 1.54) is 17.0 Å². The smallest absolute Gasteiger partial charge is 0.422 e. The topological polar surface area (TPSA) is 46.6 Å². The minimum atomic E-state index is -4.41. The van der Waals surface area contributed by atoms with Crippen molar-refractivity contribution in [1.29, 1.82) is 0 Å². The van der Waals surface area contributed by atoms with E-state index in [1.54, 1.807) is 12.1 Å². The molecule has 136 valence electrons. The average Bonchev–Trinajstić information content (AvgIpc) is 2.78. The number of alkyl halides is 3. The second kappa shape index (κ2) is 6.69. The fourth-order valence-corrected chi connectivity index (χ4v) is 3.72. The third-order valence-electron chi connectivity index (χ3n) is 4.94. The number of rotatable bonds is 4. The predicted molar refractivity (Wildman–Crippen MR) is 83.7 cm³/mol. The Morgan fingerprint density at radius 3 is 2.52 bits per heavy atom. The summed E-state index contributed by atoms with van der Waals surface area (Å²) in [6.45, 7) is -1.30. The number of amides is 2. The number of likely N-dealkylation sites (tertiary alicyclic amines) is 1. The maximum atomic E-state index is 12.8. The van der Waals surface area contributed by atoms with Crippen LogP contribution in [0.4, 0.5) is 13.2 Å². The Kier molecular flexibility index (Phi) is 4.75.